The second-order valence-electron chi connectivity index (χ2n) is 2.29. The minimum absolute atomic E-state index is 0.0278. The second kappa shape index (κ2) is 29.3. The number of hydrogen-bond donors (Lipinski definition) is 4. The average molecular weight is 242 g/mol. The number of aliphatic hydroxyl groups excluding tert-OH is 4. The van der Waals surface area contributed by atoms with E-state index < -0.39 is 0 Å². The summed E-state index contributed by atoms with van der Waals surface area (Å²) in [5, 5.41) is 31.4. The summed E-state index contributed by atoms with van der Waals surface area (Å²) in [7, 11) is 0. The highest BCUT2D eigenvalue weighted by molar-refractivity contribution is 4.24. The Morgan fingerprint density at radius 3 is 1.12 bits per heavy atom. The quantitative estimate of drug-likeness (QED) is 0.427. The first-order valence-corrected chi connectivity index (χ1v) is 5.33. The molecule has 0 aliphatic rings. The third kappa shape index (κ3) is 49.0. The second-order valence-corrected chi connectivity index (χ2v) is 2.29. The van der Waals surface area contributed by atoms with Crippen LogP contribution in [0.4, 0.5) is 0 Å². The van der Waals surface area contributed by atoms with Crippen molar-refractivity contribution in [2.45, 2.75) is 13.8 Å². The molecule has 0 heterocycles. The molecule has 0 aliphatic heterocycles. The first-order chi connectivity index (χ1) is 7.74. The maximum atomic E-state index is 8.09. The lowest BCUT2D eigenvalue weighted by atomic mass is 10.7. The van der Waals surface area contributed by atoms with Crippen molar-refractivity contribution in [2.24, 2.45) is 0 Å². The van der Waals surface area contributed by atoms with E-state index in [2.05, 4.69) is 4.74 Å². The van der Waals surface area contributed by atoms with E-state index in [-0.39, 0.29) is 26.4 Å². The molecule has 0 radical (unpaired) electrons. The molecular formula is C10H26O6. The maximum absolute atomic E-state index is 8.09. The van der Waals surface area contributed by atoms with Crippen LogP contribution < -0.4 is 0 Å². The third-order valence-corrected chi connectivity index (χ3v) is 0.979. The topological polar surface area (TPSA) is 99.4 Å². The molecular weight excluding hydrogens is 216 g/mol. The molecule has 0 aliphatic carbocycles. The van der Waals surface area contributed by atoms with E-state index in [1.165, 1.54) is 0 Å². The van der Waals surface area contributed by atoms with Gasteiger partial charge in [0.1, 0.15) is 0 Å². The van der Waals surface area contributed by atoms with Crippen LogP contribution in [0.3, 0.4) is 0 Å². The summed E-state index contributed by atoms with van der Waals surface area (Å²) >= 11 is 0. The van der Waals surface area contributed by atoms with Gasteiger partial charge in [-0.25, -0.2) is 0 Å². The number of rotatable bonds is 7. The van der Waals surface area contributed by atoms with E-state index in [0.29, 0.717) is 13.2 Å². The molecule has 4 N–H and O–H groups in total. The summed E-state index contributed by atoms with van der Waals surface area (Å²) in [6.45, 7) is 6.11. The largest absolute Gasteiger partial charge is 0.394 e. The van der Waals surface area contributed by atoms with Crippen LogP contribution in [-0.2, 0) is 9.47 Å². The Morgan fingerprint density at radius 2 is 1.00 bits per heavy atom. The minimum Gasteiger partial charge on any atom is -0.394 e. The fraction of sp³-hybridized carbons (Fsp3) is 1.00. The van der Waals surface area contributed by atoms with Gasteiger partial charge in [-0.3, -0.25) is 0 Å². The number of hydrogen-bond acceptors (Lipinski definition) is 6. The highest BCUT2D eigenvalue weighted by atomic mass is 16.5. The molecule has 0 spiro atoms. The number of aliphatic hydroxyl groups is 4. The Balaban J connectivity index is -0.000000166. The van der Waals surface area contributed by atoms with Crippen LogP contribution in [0.15, 0.2) is 0 Å². The Morgan fingerprint density at radius 1 is 0.625 bits per heavy atom. The molecule has 0 bridgehead atoms. The zero-order valence-electron chi connectivity index (χ0n) is 10.3. The highest BCUT2D eigenvalue weighted by Crippen LogP contribution is 1.68. The van der Waals surface area contributed by atoms with Crippen molar-refractivity contribution >= 4 is 0 Å². The molecule has 102 valence electrons. The fourth-order valence-electron chi connectivity index (χ4n) is 0.435. The van der Waals surface area contributed by atoms with Gasteiger partial charge in [0, 0.05) is 13.2 Å². The van der Waals surface area contributed by atoms with Gasteiger partial charge in [-0.05, 0) is 13.8 Å². The Labute approximate surface area is 97.4 Å². The van der Waals surface area contributed by atoms with E-state index in [4.69, 9.17) is 25.2 Å². The monoisotopic (exact) mass is 242 g/mol. The molecule has 0 aromatic carbocycles. The van der Waals surface area contributed by atoms with Gasteiger partial charge >= 0.3 is 0 Å². The fourth-order valence-corrected chi connectivity index (χ4v) is 0.435. The zero-order valence-corrected chi connectivity index (χ0v) is 10.3. The summed E-state index contributed by atoms with van der Waals surface area (Å²) in [5.74, 6) is 0. The summed E-state index contributed by atoms with van der Waals surface area (Å²) in [4.78, 5) is 0. The summed E-state index contributed by atoms with van der Waals surface area (Å²) in [6.07, 6.45) is 0. The molecule has 16 heavy (non-hydrogen) atoms. The van der Waals surface area contributed by atoms with Gasteiger partial charge in [-0.2, -0.15) is 0 Å². The van der Waals surface area contributed by atoms with Crippen molar-refractivity contribution in [3.8, 4) is 0 Å². The van der Waals surface area contributed by atoms with Gasteiger partial charge in [-0.1, -0.05) is 0 Å². The summed E-state index contributed by atoms with van der Waals surface area (Å²) in [5.41, 5.74) is 0. The highest BCUT2D eigenvalue weighted by Gasteiger charge is 1.79. The predicted molar refractivity (Wildman–Crippen MR) is 61.3 cm³/mol. The molecule has 0 aromatic rings. The lowest BCUT2D eigenvalue weighted by Gasteiger charge is -1.94. The lowest BCUT2D eigenvalue weighted by molar-refractivity contribution is 0.0650. The van der Waals surface area contributed by atoms with Crippen LogP contribution in [0.2, 0.25) is 0 Å². The predicted octanol–water partition coefficient (Wildman–Crippen LogP) is -0.999. The van der Waals surface area contributed by atoms with Crippen LogP contribution in [0.1, 0.15) is 13.8 Å². The first kappa shape index (κ1) is 21.1. The van der Waals surface area contributed by atoms with E-state index in [1.807, 2.05) is 13.8 Å². The zero-order chi connectivity index (χ0) is 13.1. The van der Waals surface area contributed by atoms with Gasteiger partial charge in [0.15, 0.2) is 0 Å². The molecule has 0 aromatic heterocycles. The van der Waals surface area contributed by atoms with E-state index in [9.17, 15) is 0 Å². The normalized spacial score (nSPS) is 8.62. The molecule has 0 atom stereocenters. The van der Waals surface area contributed by atoms with E-state index >= 15 is 0 Å². The molecule has 0 rings (SSSR count). The average Bonchev–Trinajstić information content (AvgIpc) is 2.32. The van der Waals surface area contributed by atoms with Crippen molar-refractivity contribution < 1.29 is 29.9 Å². The standard InChI is InChI=1S/C4H10O3.C4H10O.C2H6O2/c5-1-3-7-4-2-6;1-3-5-4-2;3-1-2-4/h5-6H,1-4H2;3-4H2,1-2H3;3-4H,1-2H2. The summed E-state index contributed by atoms with van der Waals surface area (Å²) in [6, 6.07) is 0. The molecule has 0 saturated heterocycles. The van der Waals surface area contributed by atoms with Gasteiger partial charge in [0.2, 0.25) is 0 Å². The van der Waals surface area contributed by atoms with E-state index in [1.54, 1.807) is 0 Å². The van der Waals surface area contributed by atoms with Crippen LogP contribution in [0.25, 0.3) is 0 Å². The minimum atomic E-state index is -0.125. The Kier molecular flexibility index (Phi) is 38.7. The Bertz CT molecular complexity index is 73.7. The van der Waals surface area contributed by atoms with Crippen molar-refractivity contribution in [1.29, 1.82) is 0 Å². The molecule has 6 heteroatoms. The Hall–Kier alpha value is -0.240. The number of ether oxygens (including phenoxy) is 2. The van der Waals surface area contributed by atoms with Crippen molar-refractivity contribution in [2.75, 3.05) is 52.9 Å². The summed E-state index contributed by atoms with van der Waals surface area (Å²) < 4.78 is 9.47. The van der Waals surface area contributed by atoms with Crippen molar-refractivity contribution in [3.63, 3.8) is 0 Å². The van der Waals surface area contributed by atoms with Crippen LogP contribution >= 0.6 is 0 Å². The molecule has 0 unspecified atom stereocenters. The van der Waals surface area contributed by atoms with Gasteiger partial charge in [0.25, 0.3) is 0 Å². The maximum Gasteiger partial charge on any atom is 0.0698 e. The molecule has 0 amide bonds. The third-order valence-electron chi connectivity index (χ3n) is 0.979. The lowest BCUT2D eigenvalue weighted by Crippen LogP contribution is -2.03. The molecule has 6 nitrogen and oxygen atoms in total. The molecule has 0 saturated carbocycles. The van der Waals surface area contributed by atoms with Gasteiger partial charge < -0.3 is 29.9 Å². The van der Waals surface area contributed by atoms with Crippen LogP contribution in [0.5, 0.6) is 0 Å². The SMILES string of the molecule is CCOCC.OCCO.OCCOCCO. The first-order valence-electron chi connectivity index (χ1n) is 5.33. The van der Waals surface area contributed by atoms with Crippen molar-refractivity contribution in [3.05, 3.63) is 0 Å². The van der Waals surface area contributed by atoms with Gasteiger partial charge in [0.05, 0.1) is 39.6 Å². The van der Waals surface area contributed by atoms with Crippen LogP contribution in [0, 0.1) is 0 Å². The molecule has 0 fully saturated rings. The smallest absolute Gasteiger partial charge is 0.0698 e. The van der Waals surface area contributed by atoms with Crippen LogP contribution in [-0.4, -0.2) is 73.3 Å². The van der Waals surface area contributed by atoms with E-state index in [0.717, 1.165) is 13.2 Å². The van der Waals surface area contributed by atoms with Gasteiger partial charge in [-0.15, -0.1) is 0 Å². The van der Waals surface area contributed by atoms with Crippen molar-refractivity contribution in [1.82, 2.24) is 0 Å².